The molecule has 0 atom stereocenters. The van der Waals surface area contributed by atoms with E-state index in [4.69, 9.17) is 21.3 Å². The lowest BCUT2D eigenvalue weighted by Gasteiger charge is -2.14. The molecule has 39 heavy (non-hydrogen) atoms. The zero-order valence-electron chi connectivity index (χ0n) is 20.7. The summed E-state index contributed by atoms with van der Waals surface area (Å²) < 4.78 is 6.80. The summed E-state index contributed by atoms with van der Waals surface area (Å²) in [5.74, 6) is 0.170. The Labute approximate surface area is 235 Å². The smallest absolute Gasteiger partial charge is 0.288 e. The molecule has 1 aliphatic carbocycles. The predicted molar refractivity (Wildman–Crippen MR) is 153 cm³/mol. The largest absolute Gasteiger partial charge is 0.497 e. The van der Waals surface area contributed by atoms with Crippen LogP contribution in [0.5, 0.6) is 5.75 Å². The van der Waals surface area contributed by atoms with E-state index in [2.05, 4.69) is 10.5 Å². The highest BCUT2D eigenvalue weighted by atomic mass is 35.5. The lowest BCUT2D eigenvalue weighted by Crippen LogP contribution is -2.24. The van der Waals surface area contributed by atoms with Crippen molar-refractivity contribution < 1.29 is 14.5 Å². The van der Waals surface area contributed by atoms with E-state index in [0.29, 0.717) is 32.4 Å². The summed E-state index contributed by atoms with van der Waals surface area (Å²) in [4.78, 5) is 43.6. The van der Waals surface area contributed by atoms with E-state index in [1.54, 1.807) is 48.8 Å². The molecule has 0 radical (unpaired) electrons. The second-order valence-electron chi connectivity index (χ2n) is 8.67. The first-order chi connectivity index (χ1) is 18.9. The van der Waals surface area contributed by atoms with Gasteiger partial charge in [0.05, 0.1) is 35.1 Å². The van der Waals surface area contributed by atoms with E-state index >= 15 is 0 Å². The first kappa shape index (κ1) is 26.9. The number of nitro benzene ring substituents is 1. The number of methoxy groups -OCH3 is 1. The first-order valence-electron chi connectivity index (χ1n) is 12.0. The van der Waals surface area contributed by atoms with Gasteiger partial charge in [-0.25, -0.2) is 10.4 Å². The normalized spacial score (nSPS) is 13.0. The summed E-state index contributed by atoms with van der Waals surface area (Å²) in [5, 5.41) is 16.0. The summed E-state index contributed by atoms with van der Waals surface area (Å²) in [5.41, 5.74) is 4.11. The highest BCUT2D eigenvalue weighted by molar-refractivity contribution is 7.99. The summed E-state index contributed by atoms with van der Waals surface area (Å²) >= 11 is 8.50. The van der Waals surface area contributed by atoms with E-state index in [1.165, 1.54) is 27.8 Å². The third-order valence-corrected chi connectivity index (χ3v) is 8.63. The highest BCUT2D eigenvalue weighted by Crippen LogP contribution is 2.35. The van der Waals surface area contributed by atoms with Crippen LogP contribution in [0.15, 0.2) is 57.5 Å². The van der Waals surface area contributed by atoms with Gasteiger partial charge in [-0.15, -0.1) is 11.3 Å². The number of halogens is 1. The second-order valence-corrected chi connectivity index (χ2v) is 11.1. The van der Waals surface area contributed by atoms with Crippen molar-refractivity contribution in [2.24, 2.45) is 5.10 Å². The second kappa shape index (κ2) is 11.6. The van der Waals surface area contributed by atoms with Crippen LogP contribution < -0.4 is 15.7 Å². The number of nitro groups is 1. The molecule has 4 aromatic rings. The van der Waals surface area contributed by atoms with Crippen molar-refractivity contribution in [3.05, 3.63) is 84.0 Å². The van der Waals surface area contributed by atoms with Crippen molar-refractivity contribution >= 4 is 62.7 Å². The van der Waals surface area contributed by atoms with E-state index in [0.717, 1.165) is 43.0 Å². The average molecular weight is 584 g/mol. The number of nitrogens with zero attached hydrogens (tertiary/aromatic N) is 4. The van der Waals surface area contributed by atoms with Gasteiger partial charge in [0.25, 0.3) is 17.2 Å². The molecule has 1 amide bonds. The number of hydrogen-bond acceptors (Lipinski definition) is 9. The molecule has 13 heteroatoms. The van der Waals surface area contributed by atoms with Crippen LogP contribution in [-0.4, -0.2) is 39.5 Å². The third-order valence-electron chi connectivity index (χ3n) is 6.19. The molecule has 2 heterocycles. The molecule has 2 aromatic heterocycles. The topological polar surface area (TPSA) is 129 Å². The van der Waals surface area contributed by atoms with Gasteiger partial charge in [-0.05, 0) is 61.6 Å². The maximum Gasteiger partial charge on any atom is 0.288 e. The molecule has 1 N–H and O–H groups in total. The van der Waals surface area contributed by atoms with Crippen LogP contribution in [0.3, 0.4) is 0 Å². The maximum absolute atomic E-state index is 13.8. The molecule has 0 aliphatic heterocycles. The number of amides is 1. The Morgan fingerprint density at radius 1 is 1.28 bits per heavy atom. The predicted octanol–water partition coefficient (Wildman–Crippen LogP) is 5.14. The van der Waals surface area contributed by atoms with Crippen molar-refractivity contribution in [1.82, 2.24) is 15.0 Å². The Kier molecular flexibility index (Phi) is 7.96. The molecule has 0 unspecified atom stereocenters. The zero-order valence-corrected chi connectivity index (χ0v) is 23.1. The van der Waals surface area contributed by atoms with Crippen LogP contribution in [0.4, 0.5) is 5.69 Å². The molecule has 10 nitrogen and oxygen atoms in total. The molecule has 0 saturated carbocycles. The van der Waals surface area contributed by atoms with Crippen LogP contribution in [0.2, 0.25) is 5.02 Å². The number of hydrazone groups is 1. The number of rotatable bonds is 8. The average Bonchev–Trinajstić information content (AvgIpc) is 3.31. The van der Waals surface area contributed by atoms with Crippen molar-refractivity contribution in [1.29, 1.82) is 0 Å². The number of carbonyl (C=O) groups is 1. The van der Waals surface area contributed by atoms with Gasteiger partial charge in [-0.1, -0.05) is 29.4 Å². The molecular formula is C26H22ClN5O5S2. The minimum atomic E-state index is -0.592. The van der Waals surface area contributed by atoms with Gasteiger partial charge < -0.3 is 4.74 Å². The number of fused-ring (bicyclic) bond motifs is 3. The van der Waals surface area contributed by atoms with Gasteiger partial charge in [-0.2, -0.15) is 5.10 Å². The lowest BCUT2D eigenvalue weighted by atomic mass is 9.97. The fourth-order valence-electron chi connectivity index (χ4n) is 4.33. The molecule has 200 valence electrons. The number of thiophene rings is 1. The maximum atomic E-state index is 13.8. The van der Waals surface area contributed by atoms with Crippen LogP contribution in [-0.2, 0) is 17.6 Å². The lowest BCUT2D eigenvalue weighted by molar-refractivity contribution is -0.384. The van der Waals surface area contributed by atoms with E-state index < -0.39 is 10.8 Å². The minimum Gasteiger partial charge on any atom is -0.497 e. The monoisotopic (exact) mass is 583 g/mol. The van der Waals surface area contributed by atoms with Gasteiger partial charge in [0, 0.05) is 16.5 Å². The minimum absolute atomic E-state index is 0.0107. The van der Waals surface area contributed by atoms with Gasteiger partial charge in [0.2, 0.25) is 0 Å². The van der Waals surface area contributed by atoms with E-state index in [1.807, 2.05) is 0 Å². The Morgan fingerprint density at radius 2 is 2.05 bits per heavy atom. The van der Waals surface area contributed by atoms with E-state index in [-0.39, 0.29) is 22.0 Å². The Bertz CT molecular complexity index is 1670. The Hall–Kier alpha value is -3.74. The van der Waals surface area contributed by atoms with Crippen LogP contribution in [0.1, 0.15) is 28.8 Å². The number of aryl methyl sites for hydroxylation is 2. The zero-order chi connectivity index (χ0) is 27.5. The number of aromatic nitrogens is 2. The van der Waals surface area contributed by atoms with E-state index in [9.17, 15) is 19.7 Å². The van der Waals surface area contributed by atoms with Crippen molar-refractivity contribution in [2.75, 3.05) is 12.9 Å². The molecule has 1 aliphatic rings. The molecule has 0 saturated heterocycles. The highest BCUT2D eigenvalue weighted by Gasteiger charge is 2.23. The van der Waals surface area contributed by atoms with Crippen LogP contribution in [0.25, 0.3) is 15.9 Å². The number of nitrogens with one attached hydrogen (secondary N) is 1. The number of benzene rings is 2. The number of thioether (sulfide) groups is 1. The van der Waals surface area contributed by atoms with Crippen molar-refractivity contribution in [3.8, 4) is 11.4 Å². The summed E-state index contributed by atoms with van der Waals surface area (Å²) in [6.07, 6.45) is 5.23. The third kappa shape index (κ3) is 5.68. The molecule has 0 fully saturated rings. The van der Waals surface area contributed by atoms with Gasteiger partial charge in [0.15, 0.2) is 5.16 Å². The molecule has 5 rings (SSSR count). The van der Waals surface area contributed by atoms with Crippen LogP contribution in [0, 0.1) is 10.1 Å². The first-order valence-corrected chi connectivity index (χ1v) is 14.1. The molecular weight excluding hydrogens is 562 g/mol. The SMILES string of the molecule is COc1ccc(-n2c(SCC(=O)NN=Cc3ccc(Cl)c([N+](=O)[O-])c3)nc3sc4c(c3c2=O)CCCC4)cc1. The van der Waals surface area contributed by atoms with Gasteiger partial charge >= 0.3 is 0 Å². The van der Waals surface area contributed by atoms with Crippen molar-refractivity contribution in [2.45, 2.75) is 30.8 Å². The molecule has 0 bridgehead atoms. The fraction of sp³-hybridized carbons (Fsp3) is 0.231. The van der Waals surface area contributed by atoms with Crippen molar-refractivity contribution in [3.63, 3.8) is 0 Å². The summed E-state index contributed by atoms with van der Waals surface area (Å²) in [7, 11) is 1.57. The Morgan fingerprint density at radius 3 is 2.79 bits per heavy atom. The number of ether oxygens (including phenoxy) is 1. The Balaban J connectivity index is 1.40. The van der Waals surface area contributed by atoms with Crippen LogP contribution >= 0.6 is 34.7 Å². The fourth-order valence-corrected chi connectivity index (χ4v) is 6.63. The summed E-state index contributed by atoms with van der Waals surface area (Å²) in [6, 6.07) is 11.3. The summed E-state index contributed by atoms with van der Waals surface area (Å²) in [6.45, 7) is 0. The number of carbonyl (C=O) groups excluding carboxylic acids is 1. The molecule has 2 aromatic carbocycles. The number of hydrogen-bond donors (Lipinski definition) is 1. The quantitative estimate of drug-likeness (QED) is 0.0999. The molecule has 0 spiro atoms. The van der Waals surface area contributed by atoms with Gasteiger partial charge in [0.1, 0.15) is 15.6 Å². The standard InChI is InChI=1S/C26H22ClN5O5S2/c1-37-17-9-7-16(8-10-17)31-25(34)23-18-4-2-3-5-21(18)39-24(23)29-26(31)38-14-22(33)30-28-13-15-6-11-19(27)20(12-15)32(35)36/h6-13H,2-5,14H2,1H3,(H,30,33). The van der Waals surface area contributed by atoms with Gasteiger partial charge in [-0.3, -0.25) is 24.3 Å².